The molecule has 6 heteroatoms. The van der Waals surface area contributed by atoms with Gasteiger partial charge < -0.3 is 19.4 Å². The number of furan rings is 1. The first-order valence-corrected chi connectivity index (χ1v) is 8.79. The number of carbonyl (C=O) groups excluding carboxylic acids is 1. The van der Waals surface area contributed by atoms with Gasteiger partial charge in [-0.2, -0.15) is 0 Å². The van der Waals surface area contributed by atoms with E-state index < -0.39 is 0 Å². The topological polar surface area (TPSA) is 54.7 Å². The van der Waals surface area contributed by atoms with Gasteiger partial charge in [-0.15, -0.1) is 0 Å². The van der Waals surface area contributed by atoms with E-state index >= 15 is 0 Å². The van der Waals surface area contributed by atoms with E-state index in [1.807, 2.05) is 24.3 Å². The SMILES string of the molecule is O=C(Nc1ccc(N2CCOCC2)cc1)c1ccc(-c2ccc(F)cc2)o1. The number of nitrogens with one attached hydrogen (secondary N) is 1. The summed E-state index contributed by atoms with van der Waals surface area (Å²) < 4.78 is 24.0. The number of hydrogen-bond acceptors (Lipinski definition) is 4. The molecule has 0 aliphatic carbocycles. The van der Waals surface area contributed by atoms with Gasteiger partial charge in [-0.3, -0.25) is 4.79 Å². The smallest absolute Gasteiger partial charge is 0.291 e. The van der Waals surface area contributed by atoms with Gasteiger partial charge in [0, 0.05) is 30.0 Å². The monoisotopic (exact) mass is 366 g/mol. The van der Waals surface area contributed by atoms with Crippen molar-refractivity contribution in [3.63, 3.8) is 0 Å². The van der Waals surface area contributed by atoms with Crippen LogP contribution in [0.1, 0.15) is 10.6 Å². The van der Waals surface area contributed by atoms with Gasteiger partial charge >= 0.3 is 0 Å². The normalized spacial score (nSPS) is 14.2. The highest BCUT2D eigenvalue weighted by molar-refractivity contribution is 6.02. The van der Waals surface area contributed by atoms with Crippen molar-refractivity contribution in [3.05, 3.63) is 72.2 Å². The summed E-state index contributed by atoms with van der Waals surface area (Å²) in [4.78, 5) is 14.7. The molecule has 1 aliphatic rings. The van der Waals surface area contributed by atoms with E-state index in [-0.39, 0.29) is 17.5 Å². The predicted molar refractivity (Wildman–Crippen MR) is 102 cm³/mol. The molecular weight excluding hydrogens is 347 g/mol. The van der Waals surface area contributed by atoms with E-state index in [4.69, 9.17) is 9.15 Å². The largest absolute Gasteiger partial charge is 0.451 e. The van der Waals surface area contributed by atoms with Crippen LogP contribution in [-0.4, -0.2) is 32.2 Å². The Labute approximate surface area is 156 Å². The Kier molecular flexibility index (Phi) is 4.89. The number of morpholine rings is 1. The molecule has 0 unspecified atom stereocenters. The fourth-order valence-electron chi connectivity index (χ4n) is 3.00. The van der Waals surface area contributed by atoms with E-state index in [1.54, 1.807) is 24.3 Å². The molecule has 3 aromatic rings. The molecule has 0 spiro atoms. The van der Waals surface area contributed by atoms with E-state index in [0.717, 1.165) is 32.0 Å². The lowest BCUT2D eigenvalue weighted by atomic mass is 10.2. The predicted octanol–water partition coefficient (Wildman–Crippen LogP) is 4.17. The van der Waals surface area contributed by atoms with Crippen LogP contribution in [0.4, 0.5) is 15.8 Å². The number of halogens is 1. The van der Waals surface area contributed by atoms with Crippen LogP contribution in [0.5, 0.6) is 0 Å². The highest BCUT2D eigenvalue weighted by atomic mass is 19.1. The van der Waals surface area contributed by atoms with Crippen molar-refractivity contribution >= 4 is 17.3 Å². The average molecular weight is 366 g/mol. The summed E-state index contributed by atoms with van der Waals surface area (Å²) in [6.45, 7) is 3.19. The molecule has 0 bridgehead atoms. The summed E-state index contributed by atoms with van der Waals surface area (Å²) in [5, 5.41) is 2.83. The van der Waals surface area contributed by atoms with Gasteiger partial charge in [-0.25, -0.2) is 4.39 Å². The van der Waals surface area contributed by atoms with E-state index in [1.165, 1.54) is 12.1 Å². The zero-order valence-electron chi connectivity index (χ0n) is 14.7. The Balaban J connectivity index is 1.42. The van der Waals surface area contributed by atoms with Gasteiger partial charge in [-0.05, 0) is 60.7 Å². The Bertz CT molecular complexity index is 913. The minimum Gasteiger partial charge on any atom is -0.451 e. The van der Waals surface area contributed by atoms with Crippen LogP contribution in [-0.2, 0) is 4.74 Å². The van der Waals surface area contributed by atoms with Gasteiger partial charge in [0.1, 0.15) is 11.6 Å². The van der Waals surface area contributed by atoms with Crippen molar-refractivity contribution in [3.8, 4) is 11.3 Å². The molecule has 0 atom stereocenters. The maximum Gasteiger partial charge on any atom is 0.291 e. The summed E-state index contributed by atoms with van der Waals surface area (Å²) in [6.07, 6.45) is 0. The van der Waals surface area contributed by atoms with Crippen molar-refractivity contribution < 1.29 is 18.3 Å². The van der Waals surface area contributed by atoms with Crippen LogP contribution in [0.3, 0.4) is 0 Å². The number of nitrogens with zero attached hydrogens (tertiary/aromatic N) is 1. The quantitative estimate of drug-likeness (QED) is 0.753. The first kappa shape index (κ1) is 17.3. The Morgan fingerprint density at radius 1 is 0.926 bits per heavy atom. The molecule has 2 heterocycles. The van der Waals surface area contributed by atoms with E-state index in [2.05, 4.69) is 10.2 Å². The molecule has 4 rings (SSSR count). The van der Waals surface area contributed by atoms with Gasteiger partial charge in [0.25, 0.3) is 5.91 Å². The highest BCUT2D eigenvalue weighted by Gasteiger charge is 2.14. The fourth-order valence-corrected chi connectivity index (χ4v) is 3.00. The summed E-state index contributed by atoms with van der Waals surface area (Å²) in [5.74, 6) is 0.0701. The van der Waals surface area contributed by atoms with Crippen molar-refractivity contribution in [1.82, 2.24) is 0 Å². The van der Waals surface area contributed by atoms with Crippen molar-refractivity contribution in [2.45, 2.75) is 0 Å². The van der Waals surface area contributed by atoms with Crippen LogP contribution in [0.25, 0.3) is 11.3 Å². The molecule has 0 saturated carbocycles. The molecule has 1 N–H and O–H groups in total. The Hall–Kier alpha value is -3.12. The zero-order chi connectivity index (χ0) is 18.6. The number of ether oxygens (including phenoxy) is 1. The van der Waals surface area contributed by atoms with Gasteiger partial charge in [-0.1, -0.05) is 0 Å². The molecule has 5 nitrogen and oxygen atoms in total. The third kappa shape index (κ3) is 4.01. The lowest BCUT2D eigenvalue weighted by Crippen LogP contribution is -2.36. The summed E-state index contributed by atoms with van der Waals surface area (Å²) >= 11 is 0. The van der Waals surface area contributed by atoms with Gasteiger partial charge in [0.15, 0.2) is 5.76 Å². The molecule has 1 aliphatic heterocycles. The fraction of sp³-hybridized carbons (Fsp3) is 0.190. The van der Waals surface area contributed by atoms with Crippen molar-refractivity contribution in [2.75, 3.05) is 36.5 Å². The average Bonchev–Trinajstić information content (AvgIpc) is 3.20. The number of anilines is 2. The molecule has 2 aromatic carbocycles. The number of benzene rings is 2. The van der Waals surface area contributed by atoms with Crippen LogP contribution in [0.2, 0.25) is 0 Å². The minimum atomic E-state index is -0.331. The van der Waals surface area contributed by atoms with Gasteiger partial charge in [0.05, 0.1) is 13.2 Å². The highest BCUT2D eigenvalue weighted by Crippen LogP contribution is 2.24. The summed E-state index contributed by atoms with van der Waals surface area (Å²) in [5.41, 5.74) is 2.51. The van der Waals surface area contributed by atoms with E-state index in [9.17, 15) is 9.18 Å². The van der Waals surface area contributed by atoms with Crippen LogP contribution in [0.15, 0.2) is 65.1 Å². The number of hydrogen-bond donors (Lipinski definition) is 1. The maximum atomic E-state index is 13.0. The standard InChI is InChI=1S/C21H19FN2O3/c22-16-3-1-15(2-4-16)19-9-10-20(27-19)21(25)23-17-5-7-18(8-6-17)24-11-13-26-14-12-24/h1-10H,11-14H2,(H,23,25). The Morgan fingerprint density at radius 2 is 1.63 bits per heavy atom. The lowest BCUT2D eigenvalue weighted by molar-refractivity contribution is 0.0997. The second kappa shape index (κ2) is 7.63. The van der Waals surface area contributed by atoms with Crippen molar-refractivity contribution in [1.29, 1.82) is 0 Å². The molecular formula is C21H19FN2O3. The number of rotatable bonds is 4. The summed E-state index contributed by atoms with van der Waals surface area (Å²) in [6, 6.07) is 16.9. The molecule has 1 saturated heterocycles. The molecule has 27 heavy (non-hydrogen) atoms. The van der Waals surface area contributed by atoms with Crippen LogP contribution in [0, 0.1) is 5.82 Å². The molecule has 138 valence electrons. The first-order chi connectivity index (χ1) is 13.2. The molecule has 1 amide bonds. The maximum absolute atomic E-state index is 13.0. The minimum absolute atomic E-state index is 0.201. The summed E-state index contributed by atoms with van der Waals surface area (Å²) in [7, 11) is 0. The van der Waals surface area contributed by atoms with E-state index in [0.29, 0.717) is 17.0 Å². The third-order valence-electron chi connectivity index (χ3n) is 4.46. The first-order valence-electron chi connectivity index (χ1n) is 8.79. The molecule has 1 fully saturated rings. The number of amides is 1. The van der Waals surface area contributed by atoms with Crippen LogP contribution < -0.4 is 10.2 Å². The number of carbonyl (C=O) groups is 1. The van der Waals surface area contributed by atoms with Crippen LogP contribution >= 0.6 is 0 Å². The second-order valence-electron chi connectivity index (χ2n) is 6.27. The molecule has 0 radical (unpaired) electrons. The third-order valence-corrected chi connectivity index (χ3v) is 4.46. The lowest BCUT2D eigenvalue weighted by Gasteiger charge is -2.28. The van der Waals surface area contributed by atoms with Gasteiger partial charge in [0.2, 0.25) is 0 Å². The Morgan fingerprint density at radius 3 is 2.33 bits per heavy atom. The second-order valence-corrected chi connectivity index (χ2v) is 6.27. The molecule has 1 aromatic heterocycles. The van der Waals surface area contributed by atoms with Crippen molar-refractivity contribution in [2.24, 2.45) is 0 Å². The zero-order valence-corrected chi connectivity index (χ0v) is 14.7.